The maximum atomic E-state index is 13.3. The molecular weight excluding hydrogens is 338 g/mol. The van der Waals surface area contributed by atoms with E-state index in [1.807, 2.05) is 0 Å². The van der Waals surface area contributed by atoms with Crippen LogP contribution in [0.4, 0.5) is 14.5 Å². The van der Waals surface area contributed by atoms with Crippen LogP contribution in [0.1, 0.15) is 12.5 Å². The fraction of sp³-hybridized carbons (Fsp3) is 0.176. The molecule has 0 bridgehead atoms. The Balaban J connectivity index is 2.01. The largest absolute Gasteiger partial charge is 0.350 e. The van der Waals surface area contributed by atoms with E-state index in [0.717, 1.165) is 22.6 Å². The van der Waals surface area contributed by atoms with Crippen LogP contribution in [0.5, 0.6) is 0 Å². The van der Waals surface area contributed by atoms with Gasteiger partial charge in [-0.2, -0.15) is 0 Å². The summed E-state index contributed by atoms with van der Waals surface area (Å²) in [4.78, 5) is 24.8. The molecule has 2 amide bonds. The SMILES string of the molecule is CC(=O)N(CC(=O)NCc1ccc(Cl)cc1)c1ccc(F)c(F)c1. The first kappa shape index (κ1) is 17.9. The van der Waals surface area contributed by atoms with Crippen molar-refractivity contribution in [3.8, 4) is 0 Å². The average Bonchev–Trinajstić information content (AvgIpc) is 2.54. The van der Waals surface area contributed by atoms with E-state index in [1.165, 1.54) is 13.0 Å². The molecule has 0 saturated heterocycles. The molecule has 0 aliphatic rings. The smallest absolute Gasteiger partial charge is 0.240 e. The van der Waals surface area contributed by atoms with Crippen molar-refractivity contribution in [2.24, 2.45) is 0 Å². The summed E-state index contributed by atoms with van der Waals surface area (Å²) in [6, 6.07) is 9.96. The number of carbonyl (C=O) groups is 2. The number of halogens is 3. The van der Waals surface area contributed by atoms with E-state index >= 15 is 0 Å². The molecule has 0 heterocycles. The zero-order valence-electron chi connectivity index (χ0n) is 12.9. The fourth-order valence-corrected chi connectivity index (χ4v) is 2.17. The van der Waals surface area contributed by atoms with Gasteiger partial charge in [0.2, 0.25) is 11.8 Å². The predicted octanol–water partition coefficient (Wildman–Crippen LogP) is 3.29. The van der Waals surface area contributed by atoms with Gasteiger partial charge < -0.3 is 10.2 Å². The number of hydrogen-bond acceptors (Lipinski definition) is 2. The van der Waals surface area contributed by atoms with E-state index in [2.05, 4.69) is 5.32 Å². The molecule has 0 aromatic heterocycles. The highest BCUT2D eigenvalue weighted by atomic mass is 35.5. The molecular formula is C17H15ClF2N2O2. The first-order valence-corrected chi connectivity index (χ1v) is 7.49. The highest BCUT2D eigenvalue weighted by Gasteiger charge is 2.17. The van der Waals surface area contributed by atoms with Crippen molar-refractivity contribution in [3.05, 3.63) is 64.7 Å². The van der Waals surface area contributed by atoms with E-state index in [-0.39, 0.29) is 18.8 Å². The van der Waals surface area contributed by atoms with Gasteiger partial charge in [0.05, 0.1) is 0 Å². The van der Waals surface area contributed by atoms with Crippen LogP contribution in [-0.2, 0) is 16.1 Å². The number of rotatable bonds is 5. The Labute approximate surface area is 143 Å². The molecule has 7 heteroatoms. The second kappa shape index (κ2) is 7.88. The van der Waals surface area contributed by atoms with Crippen LogP contribution >= 0.6 is 11.6 Å². The summed E-state index contributed by atoms with van der Waals surface area (Å²) in [6.45, 7) is 1.21. The molecule has 1 N–H and O–H groups in total. The van der Waals surface area contributed by atoms with Crippen LogP contribution in [0.3, 0.4) is 0 Å². The molecule has 4 nitrogen and oxygen atoms in total. The van der Waals surface area contributed by atoms with Gasteiger partial charge >= 0.3 is 0 Å². The van der Waals surface area contributed by atoms with E-state index in [9.17, 15) is 18.4 Å². The van der Waals surface area contributed by atoms with E-state index < -0.39 is 23.4 Å². The average molecular weight is 353 g/mol. The second-order valence-corrected chi connectivity index (χ2v) is 5.54. The number of nitrogens with one attached hydrogen (secondary N) is 1. The molecule has 0 saturated carbocycles. The van der Waals surface area contributed by atoms with Gasteiger partial charge in [-0.3, -0.25) is 9.59 Å². The molecule has 0 aliphatic heterocycles. The summed E-state index contributed by atoms with van der Waals surface area (Å²) < 4.78 is 26.3. The lowest BCUT2D eigenvalue weighted by molar-refractivity contribution is -0.123. The van der Waals surface area contributed by atoms with Crippen LogP contribution in [0.2, 0.25) is 5.02 Å². The van der Waals surface area contributed by atoms with Gasteiger partial charge in [-0.05, 0) is 29.8 Å². The van der Waals surface area contributed by atoms with Gasteiger partial charge in [-0.25, -0.2) is 8.78 Å². The molecule has 2 rings (SSSR count). The van der Waals surface area contributed by atoms with Crippen LogP contribution in [-0.4, -0.2) is 18.4 Å². The third kappa shape index (κ3) is 4.76. The second-order valence-electron chi connectivity index (χ2n) is 5.11. The van der Waals surface area contributed by atoms with E-state index in [0.29, 0.717) is 5.02 Å². The van der Waals surface area contributed by atoms with Crippen molar-refractivity contribution < 1.29 is 18.4 Å². The van der Waals surface area contributed by atoms with Crippen molar-refractivity contribution in [1.29, 1.82) is 0 Å². The highest BCUT2D eigenvalue weighted by Crippen LogP contribution is 2.18. The third-order valence-corrected chi connectivity index (χ3v) is 3.55. The quantitative estimate of drug-likeness (QED) is 0.897. The Hall–Kier alpha value is -2.47. The summed E-state index contributed by atoms with van der Waals surface area (Å²) in [5.41, 5.74) is 0.956. The Kier molecular flexibility index (Phi) is 5.87. The summed E-state index contributed by atoms with van der Waals surface area (Å²) in [6.07, 6.45) is 0. The molecule has 24 heavy (non-hydrogen) atoms. The van der Waals surface area contributed by atoms with Crippen LogP contribution in [0, 0.1) is 11.6 Å². The number of carbonyl (C=O) groups excluding carboxylic acids is 2. The number of amides is 2. The monoisotopic (exact) mass is 352 g/mol. The predicted molar refractivity (Wildman–Crippen MR) is 87.7 cm³/mol. The van der Waals surface area contributed by atoms with Crippen LogP contribution in [0.25, 0.3) is 0 Å². The molecule has 0 spiro atoms. The maximum absolute atomic E-state index is 13.3. The minimum absolute atomic E-state index is 0.114. The standard InChI is InChI=1S/C17H15ClF2N2O2/c1-11(23)22(14-6-7-15(19)16(20)8-14)10-17(24)21-9-12-2-4-13(18)5-3-12/h2-8H,9-10H2,1H3,(H,21,24). The molecule has 0 radical (unpaired) electrons. The lowest BCUT2D eigenvalue weighted by Crippen LogP contribution is -2.39. The van der Waals surface area contributed by atoms with Gasteiger partial charge in [0.1, 0.15) is 6.54 Å². The summed E-state index contributed by atoms with van der Waals surface area (Å²) >= 11 is 5.78. The molecule has 0 atom stereocenters. The van der Waals surface area contributed by atoms with Crippen molar-refractivity contribution in [2.75, 3.05) is 11.4 Å². The zero-order chi connectivity index (χ0) is 17.7. The number of anilines is 1. The molecule has 0 aliphatic carbocycles. The Bertz CT molecular complexity index is 751. The van der Waals surface area contributed by atoms with Crippen molar-refractivity contribution in [1.82, 2.24) is 5.32 Å². The highest BCUT2D eigenvalue weighted by molar-refractivity contribution is 6.30. The van der Waals surface area contributed by atoms with Gasteiger partial charge in [0.15, 0.2) is 11.6 Å². The summed E-state index contributed by atoms with van der Waals surface area (Å²) in [7, 11) is 0. The molecule has 0 fully saturated rings. The van der Waals surface area contributed by atoms with Gasteiger partial charge in [0.25, 0.3) is 0 Å². The maximum Gasteiger partial charge on any atom is 0.240 e. The Morgan fingerprint density at radius 1 is 1.08 bits per heavy atom. The van der Waals surface area contributed by atoms with E-state index in [4.69, 9.17) is 11.6 Å². The number of benzene rings is 2. The number of hydrogen-bond donors (Lipinski definition) is 1. The molecule has 2 aromatic carbocycles. The van der Waals surface area contributed by atoms with Crippen molar-refractivity contribution in [2.45, 2.75) is 13.5 Å². The topological polar surface area (TPSA) is 49.4 Å². The molecule has 126 valence electrons. The summed E-state index contributed by atoms with van der Waals surface area (Å²) in [5, 5.41) is 3.24. The minimum atomic E-state index is -1.08. The van der Waals surface area contributed by atoms with Crippen LogP contribution in [0.15, 0.2) is 42.5 Å². The first-order chi connectivity index (χ1) is 11.4. The van der Waals surface area contributed by atoms with Gasteiger partial charge in [0, 0.05) is 30.2 Å². The minimum Gasteiger partial charge on any atom is -0.350 e. The number of nitrogens with zero attached hydrogens (tertiary/aromatic N) is 1. The first-order valence-electron chi connectivity index (χ1n) is 7.11. The normalized spacial score (nSPS) is 10.3. The van der Waals surface area contributed by atoms with Crippen molar-refractivity contribution >= 4 is 29.1 Å². The van der Waals surface area contributed by atoms with Gasteiger partial charge in [-0.1, -0.05) is 23.7 Å². The van der Waals surface area contributed by atoms with Gasteiger partial charge in [-0.15, -0.1) is 0 Å². The Morgan fingerprint density at radius 3 is 2.33 bits per heavy atom. The summed E-state index contributed by atoms with van der Waals surface area (Å²) in [5.74, 6) is -2.98. The molecule has 2 aromatic rings. The lowest BCUT2D eigenvalue weighted by Gasteiger charge is -2.20. The molecule has 0 unspecified atom stereocenters. The Morgan fingerprint density at radius 2 is 1.75 bits per heavy atom. The fourth-order valence-electron chi connectivity index (χ4n) is 2.04. The third-order valence-electron chi connectivity index (χ3n) is 3.30. The van der Waals surface area contributed by atoms with Crippen LogP contribution < -0.4 is 10.2 Å². The van der Waals surface area contributed by atoms with E-state index in [1.54, 1.807) is 24.3 Å². The zero-order valence-corrected chi connectivity index (χ0v) is 13.6. The van der Waals surface area contributed by atoms with Crippen molar-refractivity contribution in [3.63, 3.8) is 0 Å². The lowest BCUT2D eigenvalue weighted by atomic mass is 10.2.